The molecule has 3 nitrogen and oxygen atoms in total. The quantitative estimate of drug-likeness (QED) is 0.558. The summed E-state index contributed by atoms with van der Waals surface area (Å²) in [6.45, 7) is -0.0238. The molecule has 1 aromatic carbocycles. The van der Waals surface area contributed by atoms with Crippen molar-refractivity contribution in [1.82, 2.24) is 0 Å². The smallest absolute Gasteiger partial charge is 0.122 e. The highest BCUT2D eigenvalue weighted by atomic mass is 16.5. The molecule has 0 aliphatic carbocycles. The van der Waals surface area contributed by atoms with E-state index in [1.165, 1.54) is 31.2 Å². The molecule has 0 bridgehead atoms. The summed E-state index contributed by atoms with van der Waals surface area (Å²) in [5.41, 5.74) is 1.26. The van der Waals surface area contributed by atoms with Gasteiger partial charge in [0.25, 0.3) is 0 Å². The second kappa shape index (κ2) is 11.0. The van der Waals surface area contributed by atoms with Gasteiger partial charge < -0.3 is 14.6 Å². The van der Waals surface area contributed by atoms with Crippen molar-refractivity contribution < 1.29 is 14.6 Å². The van der Waals surface area contributed by atoms with E-state index in [1.807, 2.05) is 6.07 Å². The van der Waals surface area contributed by atoms with E-state index in [4.69, 9.17) is 14.6 Å². The molecule has 116 valence electrons. The minimum Gasteiger partial charge on any atom is -0.497 e. The molecule has 0 aliphatic rings. The molecule has 0 fully saturated rings. The first-order valence-electron chi connectivity index (χ1n) is 7.58. The van der Waals surface area contributed by atoms with Crippen molar-refractivity contribution in [2.75, 3.05) is 20.8 Å². The number of aliphatic hydroxyl groups excluding tert-OH is 1. The SMILES string of the molecule is COc1cc(CCCCCCCC#CCO)cc(OC)c1. The van der Waals surface area contributed by atoms with E-state index in [9.17, 15) is 0 Å². The van der Waals surface area contributed by atoms with Crippen molar-refractivity contribution >= 4 is 0 Å². The third kappa shape index (κ3) is 7.63. The van der Waals surface area contributed by atoms with Gasteiger partial charge in [-0.3, -0.25) is 0 Å². The van der Waals surface area contributed by atoms with Crippen LogP contribution < -0.4 is 9.47 Å². The minimum atomic E-state index is -0.0238. The number of benzene rings is 1. The molecule has 1 rings (SSSR count). The average molecular weight is 290 g/mol. The maximum Gasteiger partial charge on any atom is 0.122 e. The number of aliphatic hydroxyl groups is 1. The second-order valence-corrected chi connectivity index (χ2v) is 5.00. The molecule has 0 saturated heterocycles. The molecule has 0 heterocycles. The molecule has 0 aliphatic heterocycles. The molecular weight excluding hydrogens is 264 g/mol. The number of aryl methyl sites for hydroxylation is 1. The molecule has 0 atom stereocenters. The van der Waals surface area contributed by atoms with Gasteiger partial charge in [-0.1, -0.05) is 25.2 Å². The highest BCUT2D eigenvalue weighted by molar-refractivity contribution is 5.38. The predicted molar refractivity (Wildman–Crippen MR) is 85.8 cm³/mol. The number of methoxy groups -OCH3 is 2. The van der Waals surface area contributed by atoms with Gasteiger partial charge in [0.15, 0.2) is 0 Å². The Balaban J connectivity index is 2.20. The van der Waals surface area contributed by atoms with Crippen molar-refractivity contribution in [1.29, 1.82) is 0 Å². The zero-order valence-electron chi connectivity index (χ0n) is 13.2. The number of rotatable bonds is 9. The van der Waals surface area contributed by atoms with Crippen LogP contribution in [0, 0.1) is 11.8 Å². The summed E-state index contributed by atoms with van der Waals surface area (Å²) in [5.74, 6) is 7.33. The molecule has 1 N–H and O–H groups in total. The van der Waals surface area contributed by atoms with Crippen molar-refractivity contribution in [2.24, 2.45) is 0 Å². The first-order chi connectivity index (χ1) is 10.3. The average Bonchev–Trinajstić information content (AvgIpc) is 2.52. The van der Waals surface area contributed by atoms with Gasteiger partial charge in [0, 0.05) is 12.5 Å². The first-order valence-corrected chi connectivity index (χ1v) is 7.58. The van der Waals surface area contributed by atoms with Crippen molar-refractivity contribution in [2.45, 2.75) is 44.9 Å². The zero-order valence-corrected chi connectivity index (χ0v) is 13.2. The van der Waals surface area contributed by atoms with Crippen LogP contribution in [-0.2, 0) is 6.42 Å². The first kappa shape index (κ1) is 17.4. The summed E-state index contributed by atoms with van der Waals surface area (Å²) >= 11 is 0. The maximum atomic E-state index is 8.53. The molecule has 0 aromatic heterocycles. The van der Waals surface area contributed by atoms with Crippen LogP contribution in [0.2, 0.25) is 0 Å². The van der Waals surface area contributed by atoms with E-state index in [2.05, 4.69) is 24.0 Å². The van der Waals surface area contributed by atoms with Gasteiger partial charge in [0.1, 0.15) is 18.1 Å². The van der Waals surface area contributed by atoms with Crippen LogP contribution in [0.5, 0.6) is 11.5 Å². The van der Waals surface area contributed by atoms with Crippen LogP contribution in [0.3, 0.4) is 0 Å². The molecule has 0 spiro atoms. The molecule has 1 aromatic rings. The lowest BCUT2D eigenvalue weighted by Gasteiger charge is -2.08. The monoisotopic (exact) mass is 290 g/mol. The summed E-state index contributed by atoms with van der Waals surface area (Å²) in [4.78, 5) is 0. The number of hydrogen-bond acceptors (Lipinski definition) is 3. The number of unbranched alkanes of at least 4 members (excludes halogenated alkanes) is 5. The standard InChI is InChI=1S/C18H26O3/c1-20-17-13-16(14-18(15-17)21-2)11-9-7-5-3-4-6-8-10-12-19/h13-15,19H,3-7,9,11-12H2,1-2H3. The lowest BCUT2D eigenvalue weighted by Crippen LogP contribution is -1.92. The summed E-state index contributed by atoms with van der Waals surface area (Å²) in [7, 11) is 3.36. The van der Waals surface area contributed by atoms with Gasteiger partial charge in [-0.2, -0.15) is 0 Å². The van der Waals surface area contributed by atoms with Crippen LogP contribution in [0.4, 0.5) is 0 Å². The van der Waals surface area contributed by atoms with E-state index >= 15 is 0 Å². The summed E-state index contributed by atoms with van der Waals surface area (Å²) in [6, 6.07) is 6.05. The minimum absolute atomic E-state index is 0.0238. The Morgan fingerprint density at radius 3 is 2.10 bits per heavy atom. The van der Waals surface area contributed by atoms with E-state index in [0.717, 1.165) is 30.8 Å². The molecule has 0 radical (unpaired) electrons. The number of hydrogen-bond donors (Lipinski definition) is 1. The Hall–Kier alpha value is -1.66. The Bertz CT molecular complexity index is 435. The summed E-state index contributed by atoms with van der Waals surface area (Å²) < 4.78 is 10.6. The molecule has 0 saturated carbocycles. The van der Waals surface area contributed by atoms with Crippen LogP contribution in [0.25, 0.3) is 0 Å². The Morgan fingerprint density at radius 1 is 0.857 bits per heavy atom. The predicted octanol–water partition coefficient (Wildman–Crippen LogP) is 3.58. The fourth-order valence-electron chi connectivity index (χ4n) is 2.23. The molecule has 0 amide bonds. The van der Waals surface area contributed by atoms with E-state index in [-0.39, 0.29) is 6.61 Å². The van der Waals surface area contributed by atoms with Crippen LogP contribution in [-0.4, -0.2) is 25.9 Å². The van der Waals surface area contributed by atoms with Gasteiger partial charge in [-0.15, -0.1) is 5.92 Å². The van der Waals surface area contributed by atoms with E-state index in [0.29, 0.717) is 0 Å². The van der Waals surface area contributed by atoms with Gasteiger partial charge >= 0.3 is 0 Å². The number of ether oxygens (including phenoxy) is 2. The zero-order chi connectivity index (χ0) is 15.3. The van der Waals surface area contributed by atoms with Crippen LogP contribution >= 0.6 is 0 Å². The Labute approximate surface area is 128 Å². The topological polar surface area (TPSA) is 38.7 Å². The van der Waals surface area contributed by atoms with Crippen molar-refractivity contribution in [3.8, 4) is 23.3 Å². The van der Waals surface area contributed by atoms with Crippen molar-refractivity contribution in [3.05, 3.63) is 23.8 Å². The van der Waals surface area contributed by atoms with E-state index in [1.54, 1.807) is 14.2 Å². The van der Waals surface area contributed by atoms with Crippen LogP contribution in [0.15, 0.2) is 18.2 Å². The highest BCUT2D eigenvalue weighted by Gasteiger charge is 2.01. The van der Waals surface area contributed by atoms with Crippen molar-refractivity contribution in [3.63, 3.8) is 0 Å². The van der Waals surface area contributed by atoms with Gasteiger partial charge in [-0.25, -0.2) is 0 Å². The molecule has 21 heavy (non-hydrogen) atoms. The fourth-order valence-corrected chi connectivity index (χ4v) is 2.23. The second-order valence-electron chi connectivity index (χ2n) is 5.00. The van der Waals surface area contributed by atoms with Gasteiger partial charge in [0.05, 0.1) is 14.2 Å². The highest BCUT2D eigenvalue weighted by Crippen LogP contribution is 2.23. The third-order valence-corrected chi connectivity index (χ3v) is 3.38. The fraction of sp³-hybridized carbons (Fsp3) is 0.556. The van der Waals surface area contributed by atoms with Gasteiger partial charge in [0.2, 0.25) is 0 Å². The Kier molecular flexibility index (Phi) is 9.15. The molecule has 3 heteroatoms. The maximum absolute atomic E-state index is 8.53. The summed E-state index contributed by atoms with van der Waals surface area (Å²) in [6.07, 6.45) is 7.93. The molecular formula is C18H26O3. The van der Waals surface area contributed by atoms with Gasteiger partial charge in [-0.05, 0) is 37.0 Å². The molecule has 0 unspecified atom stereocenters. The lowest BCUT2D eigenvalue weighted by atomic mass is 10.0. The Morgan fingerprint density at radius 2 is 1.48 bits per heavy atom. The summed E-state index contributed by atoms with van der Waals surface area (Å²) in [5, 5.41) is 8.53. The normalized spacial score (nSPS) is 9.86. The largest absolute Gasteiger partial charge is 0.497 e. The lowest BCUT2D eigenvalue weighted by molar-refractivity contribution is 0.350. The van der Waals surface area contributed by atoms with Crippen LogP contribution in [0.1, 0.15) is 44.1 Å². The third-order valence-electron chi connectivity index (χ3n) is 3.38. The van der Waals surface area contributed by atoms with E-state index < -0.39 is 0 Å².